The van der Waals surface area contributed by atoms with E-state index in [-0.39, 0.29) is 11.8 Å². The first kappa shape index (κ1) is 20.9. The molecular weight excluding hydrogens is 288 g/mol. The van der Waals surface area contributed by atoms with Gasteiger partial charge in [-0.2, -0.15) is 0 Å². The Balaban J connectivity index is 0. The zero-order valence-electron chi connectivity index (χ0n) is 12.0. The van der Waals surface area contributed by atoms with E-state index in [4.69, 9.17) is 11.6 Å². The number of carbonyl (C=O) groups excluding carboxylic acids is 2. The summed E-state index contributed by atoms with van der Waals surface area (Å²) >= 11 is 4.76. The Labute approximate surface area is 130 Å². The number of halogens is 1. The van der Waals surface area contributed by atoms with Crippen molar-refractivity contribution in [3.8, 4) is 0 Å². The van der Waals surface area contributed by atoms with Crippen LogP contribution in [0.15, 0.2) is 74.0 Å². The number of carbonyl (C=O) groups is 2. The van der Waals surface area contributed by atoms with Crippen LogP contribution < -0.4 is 0 Å². The van der Waals surface area contributed by atoms with E-state index in [1.165, 1.54) is 24.6 Å². The Morgan fingerprint density at radius 1 is 1.14 bits per heavy atom. The molecular formula is C17H19ClO3. The van der Waals surface area contributed by atoms with E-state index in [9.17, 15) is 9.59 Å². The summed E-state index contributed by atoms with van der Waals surface area (Å²) in [6, 6.07) is 9.67. The smallest absolute Gasteiger partial charge is 0.307 e. The second kappa shape index (κ2) is 15.7. The van der Waals surface area contributed by atoms with Gasteiger partial charge in [-0.25, -0.2) is 0 Å². The van der Waals surface area contributed by atoms with Crippen molar-refractivity contribution in [2.45, 2.75) is 6.92 Å². The Morgan fingerprint density at radius 3 is 2.00 bits per heavy atom. The van der Waals surface area contributed by atoms with Gasteiger partial charge in [0, 0.05) is 6.92 Å². The second-order valence-electron chi connectivity index (χ2n) is 3.28. The highest BCUT2D eigenvalue weighted by Gasteiger charge is 1.86. The van der Waals surface area contributed by atoms with Crippen LogP contribution in [0, 0.1) is 0 Å². The third-order valence-electron chi connectivity index (χ3n) is 1.69. The van der Waals surface area contributed by atoms with Crippen LogP contribution in [0.3, 0.4) is 0 Å². The molecule has 1 rings (SSSR count). The monoisotopic (exact) mass is 306 g/mol. The van der Waals surface area contributed by atoms with Gasteiger partial charge in [-0.05, 0) is 23.3 Å². The highest BCUT2D eigenvalue weighted by atomic mass is 35.5. The van der Waals surface area contributed by atoms with Crippen LogP contribution in [-0.2, 0) is 14.3 Å². The van der Waals surface area contributed by atoms with Gasteiger partial charge in [-0.1, -0.05) is 67.7 Å². The molecule has 21 heavy (non-hydrogen) atoms. The fourth-order valence-electron chi connectivity index (χ4n) is 0.928. The molecule has 0 aliphatic carbocycles. The molecule has 112 valence electrons. The maximum atomic E-state index is 10.8. The standard InChI is InChI=1S/C11H10O.C4H6O2.C2H3Cl/c1-2-11(12)9-8-10-6-4-3-5-7-10;1-3-6-4(2)5;1-2-3/h2-9H,1H2;3H,1H2,2H3;2H,1H2. The van der Waals surface area contributed by atoms with Crippen LogP contribution in [0.25, 0.3) is 6.08 Å². The van der Waals surface area contributed by atoms with Gasteiger partial charge in [0.05, 0.1) is 6.26 Å². The Hall–Kier alpha value is -2.39. The largest absolute Gasteiger partial charge is 0.435 e. The van der Waals surface area contributed by atoms with Crippen LogP contribution in [0.5, 0.6) is 0 Å². The maximum absolute atomic E-state index is 10.8. The van der Waals surface area contributed by atoms with Crippen molar-refractivity contribution in [2.75, 3.05) is 0 Å². The van der Waals surface area contributed by atoms with Crippen molar-refractivity contribution >= 4 is 29.4 Å². The molecule has 1 aromatic carbocycles. The molecule has 0 bridgehead atoms. The first-order valence-electron chi connectivity index (χ1n) is 5.90. The van der Waals surface area contributed by atoms with E-state index in [2.05, 4.69) is 24.5 Å². The summed E-state index contributed by atoms with van der Waals surface area (Å²) in [5.74, 6) is -0.399. The lowest BCUT2D eigenvalue weighted by Gasteiger charge is -1.88. The summed E-state index contributed by atoms with van der Waals surface area (Å²) in [6.45, 7) is 11.0. The fourth-order valence-corrected chi connectivity index (χ4v) is 0.928. The lowest BCUT2D eigenvalue weighted by Crippen LogP contribution is -1.87. The van der Waals surface area contributed by atoms with Crippen molar-refractivity contribution in [3.05, 3.63) is 79.6 Å². The molecule has 0 aromatic heterocycles. The van der Waals surface area contributed by atoms with Crippen LogP contribution in [0.2, 0.25) is 0 Å². The van der Waals surface area contributed by atoms with E-state index in [0.717, 1.165) is 11.8 Å². The maximum Gasteiger partial charge on any atom is 0.307 e. The third-order valence-corrected chi connectivity index (χ3v) is 1.69. The molecule has 3 nitrogen and oxygen atoms in total. The van der Waals surface area contributed by atoms with Gasteiger partial charge in [-0.15, -0.1) is 0 Å². The van der Waals surface area contributed by atoms with Gasteiger partial charge in [0.25, 0.3) is 0 Å². The minimum absolute atomic E-state index is 0.0705. The van der Waals surface area contributed by atoms with Gasteiger partial charge >= 0.3 is 5.97 Å². The number of allylic oxidation sites excluding steroid dienone is 2. The molecule has 0 atom stereocenters. The van der Waals surface area contributed by atoms with Crippen LogP contribution in [0.4, 0.5) is 0 Å². The number of ether oxygens (including phenoxy) is 1. The number of esters is 1. The van der Waals surface area contributed by atoms with Gasteiger partial charge in [0.1, 0.15) is 0 Å². The number of hydrogen-bond donors (Lipinski definition) is 0. The van der Waals surface area contributed by atoms with Crippen molar-refractivity contribution in [3.63, 3.8) is 0 Å². The summed E-state index contributed by atoms with van der Waals surface area (Å²) < 4.78 is 4.17. The molecule has 0 spiro atoms. The lowest BCUT2D eigenvalue weighted by molar-refractivity contribution is -0.135. The van der Waals surface area contributed by atoms with E-state index in [0.29, 0.717) is 0 Å². The molecule has 0 N–H and O–H groups in total. The van der Waals surface area contributed by atoms with E-state index in [1.807, 2.05) is 30.3 Å². The Morgan fingerprint density at radius 2 is 1.67 bits per heavy atom. The van der Waals surface area contributed by atoms with Crippen molar-refractivity contribution in [2.24, 2.45) is 0 Å². The summed E-state index contributed by atoms with van der Waals surface area (Å²) in [5, 5.41) is 0. The number of benzene rings is 1. The van der Waals surface area contributed by atoms with E-state index < -0.39 is 0 Å². The number of hydrogen-bond acceptors (Lipinski definition) is 3. The molecule has 0 aliphatic heterocycles. The van der Waals surface area contributed by atoms with Crippen molar-refractivity contribution < 1.29 is 14.3 Å². The molecule has 4 heteroatoms. The zero-order chi connectivity index (χ0) is 16.5. The number of rotatable bonds is 4. The van der Waals surface area contributed by atoms with Gasteiger partial charge in [0.15, 0.2) is 5.78 Å². The molecule has 0 saturated heterocycles. The van der Waals surface area contributed by atoms with Crippen LogP contribution in [0.1, 0.15) is 12.5 Å². The number of ketones is 1. The average Bonchev–Trinajstić information content (AvgIpc) is 2.47. The summed E-state index contributed by atoms with van der Waals surface area (Å²) in [7, 11) is 0. The molecule has 0 saturated carbocycles. The molecule has 0 radical (unpaired) electrons. The van der Waals surface area contributed by atoms with Crippen LogP contribution >= 0.6 is 11.6 Å². The minimum atomic E-state index is -0.329. The van der Waals surface area contributed by atoms with Gasteiger partial charge in [-0.3, -0.25) is 9.59 Å². The topological polar surface area (TPSA) is 43.4 Å². The molecule has 1 aromatic rings. The fraction of sp³-hybridized carbons (Fsp3) is 0.0588. The first-order chi connectivity index (χ1) is 10.0. The predicted molar refractivity (Wildman–Crippen MR) is 88.7 cm³/mol. The molecule has 0 fully saturated rings. The third kappa shape index (κ3) is 17.6. The van der Waals surface area contributed by atoms with Crippen molar-refractivity contribution in [1.82, 2.24) is 0 Å². The average molecular weight is 307 g/mol. The second-order valence-corrected chi connectivity index (χ2v) is 3.59. The van der Waals surface area contributed by atoms with Crippen LogP contribution in [-0.4, -0.2) is 11.8 Å². The lowest BCUT2D eigenvalue weighted by atomic mass is 10.2. The normalized spacial score (nSPS) is 8.29. The molecule has 0 amide bonds. The molecule has 0 heterocycles. The molecule has 0 unspecified atom stereocenters. The van der Waals surface area contributed by atoms with E-state index >= 15 is 0 Å². The highest BCUT2D eigenvalue weighted by Crippen LogP contribution is 2.00. The zero-order valence-corrected chi connectivity index (χ0v) is 12.8. The van der Waals surface area contributed by atoms with Gasteiger partial charge < -0.3 is 4.74 Å². The molecule has 0 aliphatic rings. The van der Waals surface area contributed by atoms with Gasteiger partial charge in [0.2, 0.25) is 0 Å². The van der Waals surface area contributed by atoms with E-state index in [1.54, 1.807) is 6.08 Å². The highest BCUT2D eigenvalue weighted by molar-refractivity contribution is 6.25. The summed E-state index contributed by atoms with van der Waals surface area (Å²) in [6.07, 6.45) is 5.66. The Bertz CT molecular complexity index is 476. The predicted octanol–water partition coefficient (Wildman–Crippen LogP) is 4.52. The quantitative estimate of drug-likeness (QED) is 0.467. The Kier molecular flexibility index (Phi) is 15.6. The SMILES string of the molecule is C=CC(=O)C=Cc1ccccc1.C=CCl.C=COC(C)=O. The minimum Gasteiger partial charge on any atom is -0.435 e. The summed E-state index contributed by atoms with van der Waals surface area (Å²) in [4.78, 5) is 20.5. The van der Waals surface area contributed by atoms with Crippen molar-refractivity contribution in [1.29, 1.82) is 0 Å². The first-order valence-corrected chi connectivity index (χ1v) is 6.34. The summed E-state index contributed by atoms with van der Waals surface area (Å²) in [5.41, 5.74) is 2.24.